The van der Waals surface area contributed by atoms with Crippen LogP contribution in [0.3, 0.4) is 0 Å². The Morgan fingerprint density at radius 1 is 1.50 bits per heavy atom. The van der Waals surface area contributed by atoms with Crippen LogP contribution in [0.5, 0.6) is 0 Å². The number of rotatable bonds is 4. The molecule has 0 N–H and O–H groups in total. The average Bonchev–Trinajstić information content (AvgIpc) is 2.87. The van der Waals surface area contributed by atoms with Gasteiger partial charge in [0.25, 0.3) is 0 Å². The third kappa shape index (κ3) is 2.20. The second-order valence-corrected chi connectivity index (χ2v) is 4.53. The largest absolute Gasteiger partial charge is 0.469 e. The Labute approximate surface area is 111 Å². The molecule has 2 aromatic rings. The molecule has 0 aromatic carbocycles. The topological polar surface area (TPSA) is 48.0 Å². The highest BCUT2D eigenvalue weighted by Crippen LogP contribution is 2.22. The molecule has 0 aliphatic carbocycles. The van der Waals surface area contributed by atoms with Crippen LogP contribution in [0.4, 0.5) is 0 Å². The van der Waals surface area contributed by atoms with Crippen LogP contribution < -0.4 is 0 Å². The Morgan fingerprint density at radius 3 is 2.78 bits per heavy atom. The molecule has 0 aliphatic heterocycles. The van der Waals surface area contributed by atoms with Crippen LogP contribution in [0.2, 0.25) is 5.02 Å². The van der Waals surface area contributed by atoms with Gasteiger partial charge in [-0.05, 0) is 26.8 Å². The molecule has 0 saturated heterocycles. The molecule has 0 amide bonds. The molecule has 2 aromatic heterocycles. The van der Waals surface area contributed by atoms with E-state index in [1.165, 1.54) is 6.26 Å². The van der Waals surface area contributed by atoms with Gasteiger partial charge in [0, 0.05) is 6.54 Å². The lowest BCUT2D eigenvalue weighted by molar-refractivity contribution is 0.0989. The van der Waals surface area contributed by atoms with Crippen LogP contribution >= 0.6 is 11.6 Å². The predicted molar refractivity (Wildman–Crippen MR) is 69.1 cm³/mol. The van der Waals surface area contributed by atoms with Gasteiger partial charge in [-0.15, -0.1) is 0 Å². The normalized spacial score (nSPS) is 10.9. The van der Waals surface area contributed by atoms with Gasteiger partial charge in [-0.3, -0.25) is 9.48 Å². The molecule has 96 valence electrons. The van der Waals surface area contributed by atoms with E-state index in [9.17, 15) is 4.79 Å². The first-order valence-corrected chi connectivity index (χ1v) is 6.21. The Kier molecular flexibility index (Phi) is 3.57. The molecule has 5 heteroatoms. The van der Waals surface area contributed by atoms with Gasteiger partial charge in [-0.1, -0.05) is 11.6 Å². The molecule has 18 heavy (non-hydrogen) atoms. The van der Waals surface area contributed by atoms with Gasteiger partial charge < -0.3 is 4.42 Å². The SMILES string of the molecule is CCn1nc(C)c(Cl)c1CC(=O)c1ccoc1C. The summed E-state index contributed by atoms with van der Waals surface area (Å²) >= 11 is 6.18. The molecule has 2 heterocycles. The lowest BCUT2D eigenvalue weighted by Gasteiger charge is -2.04. The highest BCUT2D eigenvalue weighted by molar-refractivity contribution is 6.32. The molecule has 0 atom stereocenters. The fourth-order valence-corrected chi connectivity index (χ4v) is 2.16. The first-order valence-electron chi connectivity index (χ1n) is 5.83. The molecule has 0 aliphatic rings. The lowest BCUT2D eigenvalue weighted by Crippen LogP contribution is -2.10. The summed E-state index contributed by atoms with van der Waals surface area (Å²) in [5.74, 6) is 0.633. The predicted octanol–water partition coefficient (Wildman–Crippen LogP) is 3.19. The summed E-state index contributed by atoms with van der Waals surface area (Å²) in [5.41, 5.74) is 2.13. The summed E-state index contributed by atoms with van der Waals surface area (Å²) in [7, 11) is 0. The average molecular weight is 267 g/mol. The molecule has 0 saturated carbocycles. The summed E-state index contributed by atoms with van der Waals surface area (Å²) in [4.78, 5) is 12.2. The van der Waals surface area contributed by atoms with Crippen LogP contribution in [0.1, 0.15) is 34.4 Å². The maximum atomic E-state index is 12.2. The molecule has 2 rings (SSSR count). The minimum absolute atomic E-state index is 0.00208. The van der Waals surface area contributed by atoms with E-state index in [0.29, 0.717) is 22.9 Å². The van der Waals surface area contributed by atoms with Crippen molar-refractivity contribution in [2.24, 2.45) is 0 Å². The first kappa shape index (κ1) is 12.9. The number of hydrogen-bond donors (Lipinski definition) is 0. The number of ketones is 1. The van der Waals surface area contributed by atoms with Gasteiger partial charge in [0.15, 0.2) is 5.78 Å². The number of halogens is 1. The third-order valence-corrected chi connectivity index (χ3v) is 3.43. The van der Waals surface area contributed by atoms with Crippen molar-refractivity contribution in [1.82, 2.24) is 9.78 Å². The van der Waals surface area contributed by atoms with Crippen LogP contribution in [0.25, 0.3) is 0 Å². The van der Waals surface area contributed by atoms with Gasteiger partial charge in [-0.2, -0.15) is 5.10 Å². The number of nitrogens with zero attached hydrogens (tertiary/aromatic N) is 2. The van der Waals surface area contributed by atoms with Crippen LogP contribution in [0, 0.1) is 13.8 Å². The van der Waals surface area contributed by atoms with Gasteiger partial charge in [0.2, 0.25) is 0 Å². The number of hydrogen-bond acceptors (Lipinski definition) is 3. The van der Waals surface area contributed by atoms with E-state index in [1.807, 2.05) is 13.8 Å². The Bertz CT molecular complexity index is 584. The molecule has 4 nitrogen and oxygen atoms in total. The molecule has 0 fully saturated rings. The van der Waals surface area contributed by atoms with Crippen molar-refractivity contribution in [3.05, 3.63) is 40.1 Å². The van der Waals surface area contributed by atoms with Crippen molar-refractivity contribution in [3.8, 4) is 0 Å². The quantitative estimate of drug-likeness (QED) is 0.799. The Balaban J connectivity index is 2.30. The number of carbonyl (C=O) groups excluding carboxylic acids is 1. The van der Waals surface area contributed by atoms with E-state index in [2.05, 4.69) is 5.10 Å². The zero-order valence-corrected chi connectivity index (χ0v) is 11.4. The summed E-state index contributed by atoms with van der Waals surface area (Å²) in [6.45, 7) is 6.28. The van der Waals surface area contributed by atoms with Crippen molar-refractivity contribution in [3.63, 3.8) is 0 Å². The van der Waals surface area contributed by atoms with Crippen molar-refractivity contribution in [2.45, 2.75) is 33.7 Å². The number of aryl methyl sites for hydroxylation is 3. The van der Waals surface area contributed by atoms with Crippen LogP contribution in [-0.2, 0) is 13.0 Å². The number of Topliss-reactive ketones (excluding diaryl/α,β-unsaturated/α-hetero) is 1. The molecule has 0 radical (unpaired) electrons. The van der Waals surface area contributed by atoms with Gasteiger partial charge in [0.1, 0.15) is 5.76 Å². The van der Waals surface area contributed by atoms with E-state index in [4.69, 9.17) is 16.0 Å². The van der Waals surface area contributed by atoms with E-state index in [1.54, 1.807) is 17.7 Å². The lowest BCUT2D eigenvalue weighted by atomic mass is 10.1. The number of carbonyl (C=O) groups is 1. The van der Waals surface area contributed by atoms with Gasteiger partial charge in [-0.25, -0.2) is 0 Å². The zero-order chi connectivity index (χ0) is 13.3. The maximum absolute atomic E-state index is 12.2. The summed E-state index contributed by atoms with van der Waals surface area (Å²) < 4.78 is 6.91. The van der Waals surface area contributed by atoms with Gasteiger partial charge in [0.05, 0.1) is 34.7 Å². The molecule has 0 spiro atoms. The van der Waals surface area contributed by atoms with E-state index < -0.39 is 0 Å². The standard InChI is InChI=1S/C13H15ClN2O2/c1-4-16-11(13(14)8(2)15-16)7-12(17)10-5-6-18-9(10)3/h5-6H,4,7H2,1-3H3. The number of furan rings is 1. The van der Waals surface area contributed by atoms with Crippen LogP contribution in [-0.4, -0.2) is 15.6 Å². The van der Waals surface area contributed by atoms with E-state index in [-0.39, 0.29) is 12.2 Å². The Hall–Kier alpha value is -1.55. The fourth-order valence-electron chi connectivity index (χ4n) is 1.96. The molecular formula is C13H15ClN2O2. The summed E-state index contributed by atoms with van der Waals surface area (Å²) in [5, 5.41) is 4.87. The third-order valence-electron chi connectivity index (χ3n) is 2.94. The van der Waals surface area contributed by atoms with Gasteiger partial charge >= 0.3 is 0 Å². The second kappa shape index (κ2) is 4.98. The first-order chi connectivity index (χ1) is 8.54. The highest BCUT2D eigenvalue weighted by atomic mass is 35.5. The summed E-state index contributed by atoms with van der Waals surface area (Å²) in [6.07, 6.45) is 1.76. The molecule has 0 unspecified atom stereocenters. The minimum Gasteiger partial charge on any atom is -0.469 e. The highest BCUT2D eigenvalue weighted by Gasteiger charge is 2.19. The zero-order valence-electron chi connectivity index (χ0n) is 10.7. The Morgan fingerprint density at radius 2 is 2.22 bits per heavy atom. The maximum Gasteiger partial charge on any atom is 0.172 e. The van der Waals surface area contributed by atoms with Crippen molar-refractivity contribution in [1.29, 1.82) is 0 Å². The van der Waals surface area contributed by atoms with Crippen LogP contribution in [0.15, 0.2) is 16.7 Å². The number of aromatic nitrogens is 2. The smallest absolute Gasteiger partial charge is 0.172 e. The van der Waals surface area contributed by atoms with E-state index in [0.717, 1.165) is 11.4 Å². The van der Waals surface area contributed by atoms with Crippen molar-refractivity contribution >= 4 is 17.4 Å². The molecular weight excluding hydrogens is 252 g/mol. The molecule has 0 bridgehead atoms. The monoisotopic (exact) mass is 266 g/mol. The fraction of sp³-hybridized carbons (Fsp3) is 0.385. The minimum atomic E-state index is -0.00208. The summed E-state index contributed by atoms with van der Waals surface area (Å²) in [6, 6.07) is 1.69. The van der Waals surface area contributed by atoms with Crippen molar-refractivity contribution in [2.75, 3.05) is 0 Å². The van der Waals surface area contributed by atoms with Crippen molar-refractivity contribution < 1.29 is 9.21 Å². The van der Waals surface area contributed by atoms with E-state index >= 15 is 0 Å². The second-order valence-electron chi connectivity index (χ2n) is 4.15.